The highest BCUT2D eigenvalue weighted by Crippen LogP contribution is 2.37. The van der Waals surface area contributed by atoms with Crippen LogP contribution in [0.25, 0.3) is 33.8 Å². The fourth-order valence-corrected chi connectivity index (χ4v) is 12.6. The molecule has 0 spiro atoms. The number of fused-ring (bicyclic) bond motifs is 3. The Morgan fingerprint density at radius 3 is 1.37 bits per heavy atom. The van der Waals surface area contributed by atoms with Crippen molar-refractivity contribution in [2.45, 2.75) is 119 Å². The first-order chi connectivity index (χ1) is 45.8. The number of hydrogen-bond donors (Lipinski definition) is 5. The third-order valence-corrected chi connectivity index (χ3v) is 17.8. The predicted molar refractivity (Wildman–Crippen MR) is 369 cm³/mol. The van der Waals surface area contributed by atoms with Gasteiger partial charge in [-0.1, -0.05) is 0 Å². The van der Waals surface area contributed by atoms with Crippen LogP contribution in [-0.4, -0.2) is 132 Å². The monoisotopic (exact) mass is 1290 g/mol. The van der Waals surface area contributed by atoms with Gasteiger partial charge in [0.2, 0.25) is 0 Å². The van der Waals surface area contributed by atoms with Crippen molar-refractivity contribution in [2.24, 2.45) is 0 Å². The van der Waals surface area contributed by atoms with E-state index in [1.54, 1.807) is 37.2 Å². The van der Waals surface area contributed by atoms with E-state index in [0.717, 1.165) is 141 Å². The molecule has 0 amide bonds. The van der Waals surface area contributed by atoms with E-state index in [1.807, 2.05) is 38.6 Å². The molecule has 10 N–H and O–H groups in total. The number of hydrogen-bond acceptors (Lipinski definition) is 23. The molecule has 0 aliphatic carbocycles. The van der Waals surface area contributed by atoms with E-state index in [1.165, 1.54) is 50.1 Å². The van der Waals surface area contributed by atoms with Crippen LogP contribution >= 0.6 is 0 Å². The average molecular weight is 1290 g/mol. The Morgan fingerprint density at radius 2 is 0.884 bits per heavy atom. The number of aryl methyl sites for hydroxylation is 5. The second-order valence-electron chi connectivity index (χ2n) is 24.9. The Labute approximate surface area is 555 Å². The van der Waals surface area contributed by atoms with Crippen molar-refractivity contribution in [1.29, 1.82) is 0 Å². The van der Waals surface area contributed by atoms with Crippen LogP contribution < -0.4 is 52.4 Å². The molecule has 498 valence electrons. The van der Waals surface area contributed by atoms with E-state index in [4.69, 9.17) is 57.1 Å². The van der Waals surface area contributed by atoms with Gasteiger partial charge in [-0.2, -0.15) is 5.10 Å². The summed E-state index contributed by atoms with van der Waals surface area (Å²) in [4.78, 5) is 42.4. The van der Waals surface area contributed by atoms with Gasteiger partial charge in [-0.3, -0.25) is 4.68 Å². The molecule has 13 rings (SSSR count). The minimum absolute atomic E-state index is 0.199. The zero-order valence-corrected chi connectivity index (χ0v) is 56.3. The van der Waals surface area contributed by atoms with Crippen LogP contribution in [0.5, 0.6) is 34.9 Å². The number of pyridine rings is 2. The molecule has 0 atom stereocenters. The van der Waals surface area contributed by atoms with Crippen LogP contribution in [0.3, 0.4) is 0 Å². The Morgan fingerprint density at radius 1 is 0.463 bits per heavy atom. The maximum atomic E-state index is 6.08. The second kappa shape index (κ2) is 29.7. The first-order valence-corrected chi connectivity index (χ1v) is 32.4. The van der Waals surface area contributed by atoms with Gasteiger partial charge in [-0.25, -0.2) is 39.9 Å². The summed E-state index contributed by atoms with van der Waals surface area (Å²) >= 11 is 0. The summed E-state index contributed by atoms with van der Waals surface area (Å²) in [6.45, 7) is 23.1. The normalized spacial score (nSPS) is 14.9. The smallest absolute Gasteiger partial charge is 0.263 e. The van der Waals surface area contributed by atoms with Gasteiger partial charge in [0.05, 0.1) is 67.3 Å². The van der Waals surface area contributed by atoms with Gasteiger partial charge >= 0.3 is 0 Å². The summed E-state index contributed by atoms with van der Waals surface area (Å²) in [6, 6.07) is 13.4. The number of likely N-dealkylation sites (N-methyl/N-ethyl adjacent to an activating group) is 3. The quantitative estimate of drug-likeness (QED) is 0.0600. The molecule has 1 saturated heterocycles. The van der Waals surface area contributed by atoms with E-state index in [-0.39, 0.29) is 42.4 Å². The van der Waals surface area contributed by atoms with Crippen LogP contribution in [-0.2, 0) is 56.8 Å². The van der Waals surface area contributed by atoms with Gasteiger partial charge in [0.1, 0.15) is 13.2 Å². The standard InChI is InChI=1S/2C24H30N6O2.C23H28N6O2/c2*1-5-31-21-19(15(3)10-27-22(21)25)13-32-24-23(26)28-11-20(29-24)16-8-14(2)18-6-7-30(4)12-17(18)9-16;1-15-9-17(10-16-3-6-28(2)14-20(15)16)21-12-25-22(24)23(27-21)31-19-11-26-29(13-19)18-4-7-30-8-5-18/h2*8-11H,5-7,12-13H2,1-4H3,(H2,25,27)(H2,26,28);9-13,18H,3-8,14H2,1-2H3,(H2,24,25). The number of nitrogens with two attached hydrogens (primary N) is 5. The van der Waals surface area contributed by atoms with Gasteiger partial charge < -0.3 is 71.8 Å². The lowest BCUT2D eigenvalue weighted by Gasteiger charge is -2.27. The zero-order valence-electron chi connectivity index (χ0n) is 56.3. The molecule has 3 aromatic carbocycles. The Kier molecular flexibility index (Phi) is 20.8. The first kappa shape index (κ1) is 66.7. The topological polar surface area (TPSA) is 316 Å². The molecule has 9 aromatic rings. The highest BCUT2D eigenvalue weighted by atomic mass is 16.5. The number of aromatic nitrogens is 10. The van der Waals surface area contributed by atoms with Crippen molar-refractivity contribution in [3.63, 3.8) is 0 Å². The van der Waals surface area contributed by atoms with Crippen molar-refractivity contribution in [1.82, 2.24) is 64.4 Å². The van der Waals surface area contributed by atoms with Crippen molar-refractivity contribution in [3.8, 4) is 68.7 Å². The molecular weight excluding hydrogens is 1200 g/mol. The van der Waals surface area contributed by atoms with E-state index in [0.29, 0.717) is 54.0 Å². The van der Waals surface area contributed by atoms with E-state index >= 15 is 0 Å². The van der Waals surface area contributed by atoms with E-state index < -0.39 is 0 Å². The average Bonchev–Trinajstić information content (AvgIpc) is 1.05. The van der Waals surface area contributed by atoms with Crippen molar-refractivity contribution in [2.75, 3.05) is 95.9 Å². The molecule has 10 heterocycles. The molecule has 4 aliphatic rings. The SMILES string of the molecule is CCOc1c(N)ncc(C)c1COc1nc(-c2cc(C)c3c(c2)CN(C)CC3)cnc1N.CCOc1c(N)ncc(C)c1COc1nc(-c2cc(C)c3c(c2)CN(C)CC3)cnc1N.Cc1cc(-c2cnc(N)c(Oc3cnn(C4CCOCC4)c3)n2)cc2c1CN(C)CC2. The number of nitrogen functional groups attached to an aromatic ring is 5. The lowest BCUT2D eigenvalue weighted by molar-refractivity contribution is 0.0662. The summed E-state index contributed by atoms with van der Waals surface area (Å²) in [6.07, 6.45) is 17.2. The molecule has 1 fully saturated rings. The predicted octanol–water partition coefficient (Wildman–Crippen LogP) is 9.93. The molecule has 95 heavy (non-hydrogen) atoms. The molecule has 6 aromatic heterocycles. The summed E-state index contributed by atoms with van der Waals surface area (Å²) in [5.41, 5.74) is 51.1. The number of ether oxygens (including phenoxy) is 6. The number of rotatable bonds is 16. The summed E-state index contributed by atoms with van der Waals surface area (Å²) in [5, 5.41) is 4.46. The maximum Gasteiger partial charge on any atom is 0.263 e. The fourth-order valence-electron chi connectivity index (χ4n) is 12.6. The highest BCUT2D eigenvalue weighted by molar-refractivity contribution is 5.67. The van der Waals surface area contributed by atoms with E-state index in [2.05, 4.69) is 138 Å². The summed E-state index contributed by atoms with van der Waals surface area (Å²) in [5.74, 6) is 3.94. The Balaban J connectivity index is 0.000000145. The molecular formula is C71H88N18O6. The third-order valence-electron chi connectivity index (χ3n) is 17.8. The van der Waals surface area contributed by atoms with Crippen LogP contribution in [0.2, 0.25) is 0 Å². The number of nitrogens with zero attached hydrogens (tertiary/aromatic N) is 13. The van der Waals surface area contributed by atoms with Crippen molar-refractivity contribution in [3.05, 3.63) is 152 Å². The minimum Gasteiger partial charge on any atom is -0.490 e. The van der Waals surface area contributed by atoms with E-state index in [9.17, 15) is 0 Å². The molecule has 4 aliphatic heterocycles. The first-order valence-electron chi connectivity index (χ1n) is 32.4. The van der Waals surface area contributed by atoms with Crippen LogP contribution in [0.15, 0.2) is 79.8 Å². The van der Waals surface area contributed by atoms with Crippen LogP contribution in [0, 0.1) is 34.6 Å². The third kappa shape index (κ3) is 15.6. The molecule has 24 heteroatoms. The Hall–Kier alpha value is -9.75. The number of benzene rings is 3. The molecule has 0 radical (unpaired) electrons. The maximum absolute atomic E-state index is 6.08. The summed E-state index contributed by atoms with van der Waals surface area (Å²) < 4.78 is 36.7. The van der Waals surface area contributed by atoms with Gasteiger partial charge in [0, 0.05) is 92.7 Å². The lowest BCUT2D eigenvalue weighted by Crippen LogP contribution is -2.27. The number of anilines is 5. The van der Waals surface area contributed by atoms with Crippen LogP contribution in [0.4, 0.5) is 29.1 Å². The van der Waals surface area contributed by atoms with Crippen LogP contribution in [0.1, 0.15) is 105 Å². The molecule has 24 nitrogen and oxygen atoms in total. The highest BCUT2D eigenvalue weighted by Gasteiger charge is 2.24. The summed E-state index contributed by atoms with van der Waals surface area (Å²) in [7, 11) is 6.45. The van der Waals surface area contributed by atoms with Gasteiger partial charge in [0.25, 0.3) is 17.6 Å². The molecule has 0 saturated carbocycles. The fraction of sp³-hybridized carbons (Fsp3) is 0.394. The largest absolute Gasteiger partial charge is 0.490 e. The van der Waals surface area contributed by atoms with Crippen molar-refractivity contribution < 1.29 is 28.4 Å². The van der Waals surface area contributed by atoms with Gasteiger partial charge in [-0.05, 0) is 199 Å². The molecule has 0 unspecified atom stereocenters. The van der Waals surface area contributed by atoms with Crippen molar-refractivity contribution >= 4 is 29.1 Å². The minimum atomic E-state index is 0.199. The second-order valence-corrected chi connectivity index (χ2v) is 24.9. The zero-order chi connectivity index (χ0) is 67.0. The van der Waals surface area contributed by atoms with Gasteiger partial charge in [0.15, 0.2) is 46.3 Å². The van der Waals surface area contributed by atoms with Gasteiger partial charge in [-0.15, -0.1) is 0 Å². The molecule has 0 bridgehead atoms. The lowest BCUT2D eigenvalue weighted by atomic mass is 9.92. The Bertz CT molecular complexity index is 4050.